The molecule has 2 aliphatic heterocycles. The van der Waals surface area contributed by atoms with E-state index in [2.05, 4.69) is 29.0 Å². The molecule has 3 rings (SSSR count). The molecule has 1 fully saturated rings. The third-order valence-electron chi connectivity index (χ3n) is 4.98. The van der Waals surface area contributed by atoms with E-state index < -0.39 is 12.1 Å². The van der Waals surface area contributed by atoms with Crippen molar-refractivity contribution in [2.45, 2.75) is 44.4 Å². The third-order valence-corrected chi connectivity index (χ3v) is 5.33. The van der Waals surface area contributed by atoms with E-state index in [0.29, 0.717) is 0 Å². The Balaban J connectivity index is 0.000000298. The number of carboxylic acid groups (broad SMARTS) is 1. The van der Waals surface area contributed by atoms with E-state index in [9.17, 15) is 13.2 Å². The molecule has 0 saturated carbocycles. The Kier molecular flexibility index (Phi) is 7.32. The van der Waals surface area contributed by atoms with Crippen molar-refractivity contribution in [1.82, 2.24) is 9.80 Å². The summed E-state index contributed by atoms with van der Waals surface area (Å²) in [6, 6.07) is 7.13. The molecule has 0 bridgehead atoms. The van der Waals surface area contributed by atoms with Gasteiger partial charge in [0.05, 0.1) is 0 Å². The van der Waals surface area contributed by atoms with Crippen molar-refractivity contribution in [3.8, 4) is 0 Å². The molecule has 0 aliphatic carbocycles. The maximum atomic E-state index is 10.6. The highest BCUT2D eigenvalue weighted by atomic mass is 35.5. The molecule has 0 aromatic heterocycles. The molecule has 146 valence electrons. The summed E-state index contributed by atoms with van der Waals surface area (Å²) in [6.07, 6.45) is 0.0915. The van der Waals surface area contributed by atoms with E-state index >= 15 is 0 Å². The zero-order valence-electron chi connectivity index (χ0n) is 14.7. The van der Waals surface area contributed by atoms with Gasteiger partial charge in [-0.15, -0.1) is 0 Å². The first-order valence-electron chi connectivity index (χ1n) is 8.67. The summed E-state index contributed by atoms with van der Waals surface area (Å²) >= 11 is 6.26. The van der Waals surface area contributed by atoms with E-state index in [0.717, 1.165) is 30.6 Å². The fraction of sp³-hybridized carbons (Fsp3) is 0.611. The minimum atomic E-state index is -5.08. The zero-order valence-corrected chi connectivity index (χ0v) is 15.5. The number of nitrogens with zero attached hydrogens (tertiary/aromatic N) is 2. The molecule has 4 nitrogen and oxygen atoms in total. The minimum Gasteiger partial charge on any atom is -0.475 e. The number of alkyl halides is 3. The summed E-state index contributed by atoms with van der Waals surface area (Å²) in [5.41, 5.74) is 2.80. The van der Waals surface area contributed by atoms with Gasteiger partial charge in [-0.05, 0) is 63.0 Å². The van der Waals surface area contributed by atoms with Gasteiger partial charge in [0.1, 0.15) is 0 Å². The van der Waals surface area contributed by atoms with Crippen LogP contribution in [0.5, 0.6) is 0 Å². The first-order valence-corrected chi connectivity index (χ1v) is 9.05. The Hall–Kier alpha value is -1.31. The van der Waals surface area contributed by atoms with Crippen LogP contribution in [0.2, 0.25) is 5.02 Å². The predicted octanol–water partition coefficient (Wildman–Crippen LogP) is 3.82. The van der Waals surface area contributed by atoms with Crippen LogP contribution in [0.4, 0.5) is 13.2 Å². The second kappa shape index (κ2) is 9.06. The lowest BCUT2D eigenvalue weighted by Gasteiger charge is -2.31. The van der Waals surface area contributed by atoms with Crippen LogP contribution in [0.3, 0.4) is 0 Å². The Morgan fingerprint density at radius 2 is 2.04 bits per heavy atom. The average molecular weight is 393 g/mol. The van der Waals surface area contributed by atoms with E-state index in [1.54, 1.807) is 0 Å². The molecule has 0 radical (unpaired) electrons. The van der Waals surface area contributed by atoms with Gasteiger partial charge in [0.25, 0.3) is 0 Å². The molecular weight excluding hydrogens is 369 g/mol. The average Bonchev–Trinajstić information content (AvgIpc) is 2.98. The molecule has 26 heavy (non-hydrogen) atoms. The fourth-order valence-corrected chi connectivity index (χ4v) is 3.78. The number of fused-ring (bicyclic) bond motifs is 1. The van der Waals surface area contributed by atoms with Gasteiger partial charge in [-0.2, -0.15) is 13.2 Å². The molecule has 1 aromatic rings. The fourth-order valence-electron chi connectivity index (χ4n) is 3.49. The highest BCUT2D eigenvalue weighted by Gasteiger charge is 2.38. The molecule has 1 N–H and O–H groups in total. The van der Waals surface area contributed by atoms with Gasteiger partial charge >= 0.3 is 12.1 Å². The van der Waals surface area contributed by atoms with Crippen LogP contribution in [-0.2, 0) is 17.8 Å². The predicted molar refractivity (Wildman–Crippen MR) is 94.4 cm³/mol. The van der Waals surface area contributed by atoms with Gasteiger partial charge in [-0.25, -0.2) is 4.79 Å². The minimum absolute atomic E-state index is 0.806. The van der Waals surface area contributed by atoms with Crippen LogP contribution in [-0.4, -0.2) is 59.8 Å². The Morgan fingerprint density at radius 3 is 2.62 bits per heavy atom. The maximum Gasteiger partial charge on any atom is 0.490 e. The number of rotatable bonds is 3. The van der Waals surface area contributed by atoms with E-state index in [4.69, 9.17) is 21.5 Å². The number of likely N-dealkylation sites (tertiary alicyclic amines) is 1. The van der Waals surface area contributed by atoms with Crippen molar-refractivity contribution in [3.63, 3.8) is 0 Å². The number of halogens is 4. The second-order valence-corrected chi connectivity index (χ2v) is 7.18. The standard InChI is InChI=1S/C16H23ClN2.C2HF3O2/c1-18-9-3-5-14(18)7-10-19-11-8-15-13(12-19)4-2-6-16(15)17;3-2(4,5)1(6)7/h2,4,6,14H,3,5,7-12H2,1H3;(H,6,7). The topological polar surface area (TPSA) is 43.8 Å². The summed E-state index contributed by atoms with van der Waals surface area (Å²) < 4.78 is 31.7. The summed E-state index contributed by atoms with van der Waals surface area (Å²) in [7, 11) is 2.27. The molecule has 0 amide bonds. The Bertz CT molecular complexity index is 625. The molecule has 1 aromatic carbocycles. The van der Waals surface area contributed by atoms with E-state index in [-0.39, 0.29) is 0 Å². The first kappa shape index (κ1) is 21.0. The highest BCUT2D eigenvalue weighted by molar-refractivity contribution is 6.31. The third kappa shape index (κ3) is 5.86. The number of aliphatic carboxylic acids is 1. The molecule has 2 heterocycles. The van der Waals surface area contributed by atoms with Gasteiger partial charge in [0.15, 0.2) is 0 Å². The SMILES string of the molecule is CN1CCCC1CCN1CCc2c(Cl)cccc2C1.O=C(O)C(F)(F)F. The van der Waals surface area contributed by atoms with Crippen LogP contribution < -0.4 is 0 Å². The number of carbonyl (C=O) groups is 1. The van der Waals surface area contributed by atoms with Crippen LogP contribution in [0.1, 0.15) is 30.4 Å². The molecule has 0 spiro atoms. The summed E-state index contributed by atoms with van der Waals surface area (Å²) in [4.78, 5) is 14.0. The first-order chi connectivity index (χ1) is 12.2. The highest BCUT2D eigenvalue weighted by Crippen LogP contribution is 2.26. The van der Waals surface area contributed by atoms with Crippen LogP contribution >= 0.6 is 11.6 Å². The second-order valence-electron chi connectivity index (χ2n) is 6.77. The van der Waals surface area contributed by atoms with Crippen molar-refractivity contribution in [1.29, 1.82) is 0 Å². The molecule has 1 unspecified atom stereocenters. The molecule has 8 heteroatoms. The van der Waals surface area contributed by atoms with Gasteiger partial charge in [-0.3, -0.25) is 4.90 Å². The van der Waals surface area contributed by atoms with Gasteiger partial charge in [-0.1, -0.05) is 23.7 Å². The van der Waals surface area contributed by atoms with Crippen LogP contribution in [0.25, 0.3) is 0 Å². The van der Waals surface area contributed by atoms with E-state index in [1.165, 1.54) is 43.5 Å². The largest absolute Gasteiger partial charge is 0.490 e. The summed E-state index contributed by atoms with van der Waals surface area (Å²) in [6.45, 7) is 4.74. The lowest BCUT2D eigenvalue weighted by Crippen LogP contribution is -2.35. The summed E-state index contributed by atoms with van der Waals surface area (Å²) in [5.74, 6) is -2.76. The summed E-state index contributed by atoms with van der Waals surface area (Å²) in [5, 5.41) is 8.08. The maximum absolute atomic E-state index is 10.6. The zero-order chi connectivity index (χ0) is 19.3. The lowest BCUT2D eigenvalue weighted by molar-refractivity contribution is -0.192. The van der Waals surface area contributed by atoms with E-state index in [1.807, 2.05) is 6.07 Å². The quantitative estimate of drug-likeness (QED) is 0.849. The smallest absolute Gasteiger partial charge is 0.475 e. The van der Waals surface area contributed by atoms with Gasteiger partial charge < -0.3 is 10.0 Å². The number of carboxylic acids is 1. The van der Waals surface area contributed by atoms with Crippen molar-refractivity contribution < 1.29 is 23.1 Å². The Labute approximate surface area is 156 Å². The lowest BCUT2D eigenvalue weighted by atomic mass is 9.99. The van der Waals surface area contributed by atoms with Crippen molar-refractivity contribution >= 4 is 17.6 Å². The Morgan fingerprint density at radius 1 is 1.35 bits per heavy atom. The van der Waals surface area contributed by atoms with Crippen LogP contribution in [0, 0.1) is 0 Å². The van der Waals surface area contributed by atoms with Crippen molar-refractivity contribution in [3.05, 3.63) is 34.3 Å². The van der Waals surface area contributed by atoms with Crippen LogP contribution in [0.15, 0.2) is 18.2 Å². The normalized spacial score (nSPS) is 21.0. The monoisotopic (exact) mass is 392 g/mol. The molecule has 2 aliphatic rings. The number of hydrogen-bond acceptors (Lipinski definition) is 3. The van der Waals surface area contributed by atoms with Gasteiger partial charge in [0.2, 0.25) is 0 Å². The number of hydrogen-bond donors (Lipinski definition) is 1. The van der Waals surface area contributed by atoms with Crippen molar-refractivity contribution in [2.24, 2.45) is 0 Å². The van der Waals surface area contributed by atoms with Gasteiger partial charge in [0, 0.05) is 24.2 Å². The van der Waals surface area contributed by atoms with Crippen molar-refractivity contribution in [2.75, 3.05) is 26.7 Å². The molecular formula is C18H24ClF3N2O2. The number of benzene rings is 1. The molecule has 1 saturated heterocycles. The molecule has 1 atom stereocenters.